The lowest BCUT2D eigenvalue weighted by Crippen LogP contribution is -2.45. The van der Waals surface area contributed by atoms with E-state index in [0.717, 1.165) is 30.8 Å². The fourth-order valence-corrected chi connectivity index (χ4v) is 4.04. The van der Waals surface area contributed by atoms with Gasteiger partial charge in [0.2, 0.25) is 0 Å². The SMILES string of the molecule is CCc1cnc(CCNC(=NC)NC2CCN(c3c(F)cccc3F)C2)s1. The molecule has 2 aromatic rings. The maximum absolute atomic E-state index is 14.0. The molecule has 0 aliphatic carbocycles. The molecule has 146 valence electrons. The number of aryl methyl sites for hydroxylation is 1. The highest BCUT2D eigenvalue weighted by Crippen LogP contribution is 2.26. The zero-order chi connectivity index (χ0) is 19.2. The molecule has 1 aromatic carbocycles. The van der Waals surface area contributed by atoms with Crippen LogP contribution < -0.4 is 15.5 Å². The normalized spacial score (nSPS) is 17.4. The van der Waals surface area contributed by atoms with E-state index in [1.165, 1.54) is 23.1 Å². The summed E-state index contributed by atoms with van der Waals surface area (Å²) in [6.45, 7) is 3.99. The second kappa shape index (κ2) is 9.12. The van der Waals surface area contributed by atoms with E-state index in [0.29, 0.717) is 19.0 Å². The molecule has 1 unspecified atom stereocenters. The maximum atomic E-state index is 14.0. The topological polar surface area (TPSA) is 52.6 Å². The molecule has 2 heterocycles. The average molecular weight is 394 g/mol. The van der Waals surface area contributed by atoms with E-state index in [-0.39, 0.29) is 11.7 Å². The fraction of sp³-hybridized carbons (Fsp3) is 0.474. The first-order valence-corrected chi connectivity index (χ1v) is 10.0. The third-order valence-corrected chi connectivity index (χ3v) is 5.79. The second-order valence-corrected chi connectivity index (χ2v) is 7.67. The molecule has 27 heavy (non-hydrogen) atoms. The van der Waals surface area contributed by atoms with Crippen molar-refractivity contribution >= 4 is 23.0 Å². The Morgan fingerprint density at radius 2 is 2.15 bits per heavy atom. The van der Waals surface area contributed by atoms with Crippen molar-refractivity contribution in [2.24, 2.45) is 4.99 Å². The van der Waals surface area contributed by atoms with E-state index in [2.05, 4.69) is 27.5 Å². The van der Waals surface area contributed by atoms with Gasteiger partial charge in [-0.15, -0.1) is 11.3 Å². The van der Waals surface area contributed by atoms with E-state index in [4.69, 9.17) is 0 Å². The summed E-state index contributed by atoms with van der Waals surface area (Å²) < 4.78 is 27.9. The fourth-order valence-electron chi connectivity index (χ4n) is 3.18. The number of benzene rings is 1. The Bertz CT molecular complexity index is 772. The predicted molar refractivity (Wildman–Crippen MR) is 107 cm³/mol. The number of anilines is 1. The van der Waals surface area contributed by atoms with Gasteiger partial charge in [-0.25, -0.2) is 13.8 Å². The van der Waals surface area contributed by atoms with Gasteiger partial charge in [0.05, 0.1) is 5.01 Å². The molecular weight excluding hydrogens is 368 g/mol. The van der Waals surface area contributed by atoms with Crippen molar-refractivity contribution in [1.29, 1.82) is 0 Å². The van der Waals surface area contributed by atoms with Crippen LogP contribution in [0.15, 0.2) is 29.4 Å². The lowest BCUT2D eigenvalue weighted by Gasteiger charge is -2.21. The van der Waals surface area contributed by atoms with Crippen LogP contribution in [-0.2, 0) is 12.8 Å². The van der Waals surface area contributed by atoms with E-state index < -0.39 is 11.6 Å². The van der Waals surface area contributed by atoms with Crippen molar-refractivity contribution in [1.82, 2.24) is 15.6 Å². The van der Waals surface area contributed by atoms with Crippen LogP contribution in [0, 0.1) is 11.6 Å². The van der Waals surface area contributed by atoms with Crippen LogP contribution >= 0.6 is 11.3 Å². The monoisotopic (exact) mass is 393 g/mol. The smallest absolute Gasteiger partial charge is 0.191 e. The molecule has 0 radical (unpaired) electrons. The third kappa shape index (κ3) is 4.94. The van der Waals surface area contributed by atoms with Crippen LogP contribution in [0.25, 0.3) is 0 Å². The van der Waals surface area contributed by atoms with Gasteiger partial charge in [-0.3, -0.25) is 4.99 Å². The minimum atomic E-state index is -0.520. The Morgan fingerprint density at radius 1 is 1.37 bits per heavy atom. The first kappa shape index (κ1) is 19.5. The van der Waals surface area contributed by atoms with Crippen LogP contribution in [-0.4, -0.2) is 43.7 Å². The summed E-state index contributed by atoms with van der Waals surface area (Å²) >= 11 is 1.74. The van der Waals surface area contributed by atoms with Gasteiger partial charge in [-0.05, 0) is 25.0 Å². The first-order valence-electron chi connectivity index (χ1n) is 9.20. The zero-order valence-corrected chi connectivity index (χ0v) is 16.5. The molecule has 1 aromatic heterocycles. The van der Waals surface area contributed by atoms with Crippen LogP contribution in [0.3, 0.4) is 0 Å². The van der Waals surface area contributed by atoms with E-state index in [1.54, 1.807) is 23.3 Å². The molecule has 1 atom stereocenters. The quantitative estimate of drug-likeness (QED) is 0.585. The summed E-state index contributed by atoms with van der Waals surface area (Å²) in [4.78, 5) is 11.7. The number of hydrogen-bond acceptors (Lipinski definition) is 4. The second-order valence-electron chi connectivity index (χ2n) is 6.47. The summed E-state index contributed by atoms with van der Waals surface area (Å²) in [5.74, 6) is -0.343. The molecule has 1 saturated heterocycles. The van der Waals surface area contributed by atoms with Gasteiger partial charge >= 0.3 is 0 Å². The molecule has 8 heteroatoms. The number of nitrogens with zero attached hydrogens (tertiary/aromatic N) is 3. The molecule has 5 nitrogen and oxygen atoms in total. The van der Waals surface area contributed by atoms with E-state index >= 15 is 0 Å². The van der Waals surface area contributed by atoms with Crippen molar-refractivity contribution in [3.05, 3.63) is 45.9 Å². The molecule has 2 N–H and O–H groups in total. The van der Waals surface area contributed by atoms with Gasteiger partial charge < -0.3 is 15.5 Å². The zero-order valence-electron chi connectivity index (χ0n) is 15.6. The highest BCUT2D eigenvalue weighted by Gasteiger charge is 2.27. The molecule has 1 aliphatic rings. The van der Waals surface area contributed by atoms with Gasteiger partial charge in [0, 0.05) is 50.2 Å². The molecule has 1 aliphatic heterocycles. The summed E-state index contributed by atoms with van der Waals surface area (Å²) in [5, 5.41) is 7.74. The van der Waals surface area contributed by atoms with Crippen LogP contribution in [0.5, 0.6) is 0 Å². The summed E-state index contributed by atoms with van der Waals surface area (Å²) in [7, 11) is 1.72. The highest BCUT2D eigenvalue weighted by molar-refractivity contribution is 7.11. The number of aromatic nitrogens is 1. The number of aliphatic imine (C=N–C) groups is 1. The van der Waals surface area contributed by atoms with Crippen molar-refractivity contribution in [3.8, 4) is 0 Å². The predicted octanol–water partition coefficient (Wildman–Crippen LogP) is 2.97. The van der Waals surface area contributed by atoms with Gasteiger partial charge in [0.25, 0.3) is 0 Å². The van der Waals surface area contributed by atoms with Crippen molar-refractivity contribution in [3.63, 3.8) is 0 Å². The molecule has 3 rings (SSSR count). The summed E-state index contributed by atoms with van der Waals surface area (Å²) in [6, 6.07) is 4.06. The first-order chi connectivity index (χ1) is 13.1. The Morgan fingerprint density at radius 3 is 2.81 bits per heavy atom. The Kier molecular flexibility index (Phi) is 6.60. The Hall–Kier alpha value is -2.22. The lowest BCUT2D eigenvalue weighted by atomic mass is 10.2. The molecule has 0 amide bonds. The largest absolute Gasteiger partial charge is 0.365 e. The van der Waals surface area contributed by atoms with E-state index in [1.807, 2.05) is 6.20 Å². The summed E-state index contributed by atoms with van der Waals surface area (Å²) in [6.07, 6.45) is 4.57. The number of para-hydroxylation sites is 1. The van der Waals surface area contributed by atoms with Crippen molar-refractivity contribution in [2.45, 2.75) is 32.2 Å². The Labute approximate surface area is 162 Å². The summed E-state index contributed by atoms with van der Waals surface area (Å²) in [5.41, 5.74) is 0.0558. The molecule has 0 saturated carbocycles. The number of guanidine groups is 1. The van der Waals surface area contributed by atoms with Crippen LogP contribution in [0.4, 0.5) is 14.5 Å². The molecule has 0 bridgehead atoms. The number of hydrogen-bond donors (Lipinski definition) is 2. The molecule has 0 spiro atoms. The van der Waals surface area contributed by atoms with Crippen LogP contribution in [0.2, 0.25) is 0 Å². The van der Waals surface area contributed by atoms with Crippen molar-refractivity contribution in [2.75, 3.05) is 31.6 Å². The van der Waals surface area contributed by atoms with Crippen molar-refractivity contribution < 1.29 is 8.78 Å². The van der Waals surface area contributed by atoms with Crippen LogP contribution in [0.1, 0.15) is 23.2 Å². The number of thiazole rings is 1. The van der Waals surface area contributed by atoms with Gasteiger partial charge in [-0.1, -0.05) is 13.0 Å². The average Bonchev–Trinajstić information content (AvgIpc) is 3.30. The van der Waals surface area contributed by atoms with Gasteiger partial charge in [-0.2, -0.15) is 0 Å². The number of nitrogens with one attached hydrogen (secondary N) is 2. The highest BCUT2D eigenvalue weighted by atomic mass is 32.1. The Balaban J connectivity index is 1.49. The maximum Gasteiger partial charge on any atom is 0.191 e. The lowest BCUT2D eigenvalue weighted by molar-refractivity contribution is 0.576. The van der Waals surface area contributed by atoms with E-state index in [9.17, 15) is 8.78 Å². The van der Waals surface area contributed by atoms with Gasteiger partial charge in [0.1, 0.15) is 17.3 Å². The minimum Gasteiger partial charge on any atom is -0.365 e. The number of rotatable bonds is 6. The van der Waals surface area contributed by atoms with Gasteiger partial charge in [0.15, 0.2) is 5.96 Å². The third-order valence-electron chi connectivity index (χ3n) is 4.59. The standard InChI is InChI=1S/C19H25F2N5S/c1-3-14-11-24-17(27-14)7-9-23-19(22-2)25-13-8-10-26(12-13)18-15(20)5-4-6-16(18)21/h4-6,11,13H,3,7-10,12H2,1-2H3,(H2,22,23,25). The minimum absolute atomic E-state index is 0.0558. The number of halogens is 2. The molecule has 1 fully saturated rings. The molecular formula is C19H25F2N5S.